The maximum Gasteiger partial charge on any atom is 0.305 e. The Kier molecular flexibility index (Phi) is 6.63. The molecule has 0 fully saturated rings. The van der Waals surface area contributed by atoms with Crippen LogP contribution in [-0.2, 0) is 4.79 Å². The fourth-order valence-corrected chi connectivity index (χ4v) is 1.67. The molecule has 0 spiro atoms. The molecule has 19 heavy (non-hydrogen) atoms. The second kappa shape index (κ2) is 8.29. The number of hydrogen-bond acceptors (Lipinski definition) is 5. The van der Waals surface area contributed by atoms with Gasteiger partial charge in [0.15, 0.2) is 0 Å². The van der Waals surface area contributed by atoms with Crippen LogP contribution in [-0.4, -0.2) is 33.7 Å². The zero-order valence-electron chi connectivity index (χ0n) is 11.4. The first-order valence-corrected chi connectivity index (χ1v) is 6.59. The highest BCUT2D eigenvalue weighted by Crippen LogP contribution is 2.12. The fraction of sp³-hybridized carbons (Fsp3) is 0.615. The molecule has 1 aromatic rings. The number of hydrogen-bond donors (Lipinski definition) is 2. The predicted octanol–water partition coefficient (Wildman–Crippen LogP) is 2.32. The molecule has 6 heteroatoms. The number of anilines is 1. The number of carboxylic acid groups (broad SMARTS) is 1. The van der Waals surface area contributed by atoms with Gasteiger partial charge in [0.1, 0.15) is 0 Å². The van der Waals surface area contributed by atoms with E-state index in [-0.39, 0.29) is 12.5 Å². The van der Waals surface area contributed by atoms with E-state index in [2.05, 4.69) is 15.3 Å². The molecule has 0 aliphatic heterocycles. The molecule has 1 aromatic heterocycles. The van der Waals surface area contributed by atoms with Crippen molar-refractivity contribution in [1.29, 1.82) is 0 Å². The lowest BCUT2D eigenvalue weighted by Gasteiger charge is -2.16. The fourth-order valence-electron chi connectivity index (χ4n) is 1.67. The van der Waals surface area contributed by atoms with E-state index >= 15 is 0 Å². The maximum absolute atomic E-state index is 10.8. The Morgan fingerprint density at radius 3 is 2.89 bits per heavy atom. The first-order chi connectivity index (χ1) is 9.15. The molecule has 2 N–H and O–H groups in total. The molecule has 0 amide bonds. The number of nitrogens with one attached hydrogen (secondary N) is 1. The number of nitrogens with zero attached hydrogens (tertiary/aromatic N) is 2. The summed E-state index contributed by atoms with van der Waals surface area (Å²) >= 11 is 0. The first-order valence-electron chi connectivity index (χ1n) is 6.59. The minimum Gasteiger partial charge on any atom is -0.481 e. The molecule has 1 heterocycles. The van der Waals surface area contributed by atoms with E-state index in [4.69, 9.17) is 9.84 Å². The number of carboxylic acids is 1. The van der Waals surface area contributed by atoms with Crippen molar-refractivity contribution >= 4 is 11.9 Å². The van der Waals surface area contributed by atoms with Gasteiger partial charge in [-0.2, -0.15) is 4.98 Å². The molecular weight excluding hydrogens is 246 g/mol. The summed E-state index contributed by atoms with van der Waals surface area (Å²) in [6.07, 6.45) is 4.22. The van der Waals surface area contributed by atoms with Gasteiger partial charge in [-0.3, -0.25) is 4.79 Å². The maximum atomic E-state index is 10.8. The van der Waals surface area contributed by atoms with E-state index in [1.165, 1.54) is 0 Å². The van der Waals surface area contributed by atoms with Gasteiger partial charge in [-0.15, -0.1) is 0 Å². The summed E-state index contributed by atoms with van der Waals surface area (Å²) in [5.74, 6) is 0.0857. The van der Waals surface area contributed by atoms with Gasteiger partial charge in [-0.25, -0.2) is 4.98 Å². The van der Waals surface area contributed by atoms with Crippen LogP contribution < -0.4 is 10.1 Å². The number of aliphatic carboxylic acids is 1. The summed E-state index contributed by atoms with van der Waals surface area (Å²) in [6.45, 7) is 4.63. The molecule has 0 saturated heterocycles. The average Bonchev–Trinajstić information content (AvgIpc) is 2.36. The topological polar surface area (TPSA) is 84.3 Å². The van der Waals surface area contributed by atoms with Crippen molar-refractivity contribution in [2.24, 2.45) is 0 Å². The first kappa shape index (κ1) is 15.2. The number of ether oxygens (including phenoxy) is 1. The lowest BCUT2D eigenvalue weighted by Crippen LogP contribution is -2.24. The molecule has 0 aliphatic carbocycles. The molecule has 106 valence electrons. The third-order valence-electron chi connectivity index (χ3n) is 2.48. The summed E-state index contributed by atoms with van der Waals surface area (Å²) in [6, 6.07) is 1.52. The van der Waals surface area contributed by atoms with Gasteiger partial charge in [0.05, 0.1) is 13.0 Å². The van der Waals surface area contributed by atoms with Crippen molar-refractivity contribution in [2.75, 3.05) is 11.9 Å². The quantitative estimate of drug-likeness (QED) is 0.714. The van der Waals surface area contributed by atoms with Crippen LogP contribution in [0.5, 0.6) is 5.88 Å². The van der Waals surface area contributed by atoms with Gasteiger partial charge in [0, 0.05) is 18.3 Å². The number of aromatic nitrogens is 2. The van der Waals surface area contributed by atoms with Crippen molar-refractivity contribution in [1.82, 2.24) is 9.97 Å². The van der Waals surface area contributed by atoms with Crippen LogP contribution >= 0.6 is 0 Å². The Morgan fingerprint density at radius 2 is 2.26 bits per heavy atom. The van der Waals surface area contributed by atoms with Crippen LogP contribution in [0, 0.1) is 0 Å². The zero-order valence-corrected chi connectivity index (χ0v) is 11.4. The average molecular weight is 267 g/mol. The molecule has 0 aromatic carbocycles. The molecule has 0 bridgehead atoms. The Morgan fingerprint density at radius 1 is 1.47 bits per heavy atom. The monoisotopic (exact) mass is 267 g/mol. The highest BCUT2D eigenvalue weighted by atomic mass is 16.5. The molecule has 6 nitrogen and oxygen atoms in total. The summed E-state index contributed by atoms with van der Waals surface area (Å²) in [7, 11) is 0. The van der Waals surface area contributed by atoms with Gasteiger partial charge < -0.3 is 15.2 Å². The highest BCUT2D eigenvalue weighted by Gasteiger charge is 2.13. The number of rotatable bonds is 9. The summed E-state index contributed by atoms with van der Waals surface area (Å²) in [5, 5.41) is 11.9. The lowest BCUT2D eigenvalue weighted by atomic mass is 10.1. The standard InChI is InChI=1S/C13H21N3O3/c1-3-5-10(9-12(17)18)15-13-14-7-6-11(16-13)19-8-4-2/h6-7,10H,3-5,8-9H2,1-2H3,(H,17,18)(H,14,15,16). The van der Waals surface area contributed by atoms with E-state index in [9.17, 15) is 4.79 Å². The van der Waals surface area contributed by atoms with Gasteiger partial charge in [0.2, 0.25) is 11.8 Å². The zero-order chi connectivity index (χ0) is 14.1. The molecule has 1 rings (SSSR count). The molecular formula is C13H21N3O3. The van der Waals surface area contributed by atoms with E-state index in [0.717, 1.165) is 19.3 Å². The molecule has 0 aliphatic rings. The van der Waals surface area contributed by atoms with Crippen molar-refractivity contribution in [3.8, 4) is 5.88 Å². The van der Waals surface area contributed by atoms with Crippen LogP contribution in [0.4, 0.5) is 5.95 Å². The van der Waals surface area contributed by atoms with Crippen molar-refractivity contribution < 1.29 is 14.6 Å². The molecule has 1 unspecified atom stereocenters. The van der Waals surface area contributed by atoms with Gasteiger partial charge in [-0.1, -0.05) is 20.3 Å². The smallest absolute Gasteiger partial charge is 0.305 e. The Hall–Kier alpha value is -1.85. The summed E-state index contributed by atoms with van der Waals surface area (Å²) in [4.78, 5) is 19.1. The van der Waals surface area contributed by atoms with Crippen LogP contribution in [0.25, 0.3) is 0 Å². The third-order valence-corrected chi connectivity index (χ3v) is 2.48. The van der Waals surface area contributed by atoms with Crippen LogP contribution in [0.2, 0.25) is 0 Å². The second-order valence-electron chi connectivity index (χ2n) is 4.29. The molecule has 1 atom stereocenters. The van der Waals surface area contributed by atoms with Gasteiger partial charge in [-0.05, 0) is 12.8 Å². The van der Waals surface area contributed by atoms with Crippen LogP contribution in [0.1, 0.15) is 39.5 Å². The van der Waals surface area contributed by atoms with Gasteiger partial charge >= 0.3 is 5.97 Å². The summed E-state index contributed by atoms with van der Waals surface area (Å²) < 4.78 is 5.41. The normalized spacial score (nSPS) is 11.9. The highest BCUT2D eigenvalue weighted by molar-refractivity contribution is 5.68. The predicted molar refractivity (Wildman–Crippen MR) is 72.4 cm³/mol. The van der Waals surface area contributed by atoms with E-state index in [1.54, 1.807) is 12.3 Å². The van der Waals surface area contributed by atoms with E-state index in [1.807, 2.05) is 13.8 Å². The van der Waals surface area contributed by atoms with E-state index < -0.39 is 5.97 Å². The number of carbonyl (C=O) groups is 1. The van der Waals surface area contributed by atoms with Crippen molar-refractivity contribution in [3.63, 3.8) is 0 Å². The largest absolute Gasteiger partial charge is 0.481 e. The minimum atomic E-state index is -0.829. The molecule has 0 saturated carbocycles. The van der Waals surface area contributed by atoms with Crippen molar-refractivity contribution in [3.05, 3.63) is 12.3 Å². The van der Waals surface area contributed by atoms with Gasteiger partial charge in [0.25, 0.3) is 0 Å². The van der Waals surface area contributed by atoms with Crippen molar-refractivity contribution in [2.45, 2.75) is 45.6 Å². The lowest BCUT2D eigenvalue weighted by molar-refractivity contribution is -0.137. The summed E-state index contributed by atoms with van der Waals surface area (Å²) in [5.41, 5.74) is 0. The SMILES string of the molecule is CCCOc1ccnc(NC(CCC)CC(=O)O)n1. The third kappa shape index (κ3) is 6.03. The van der Waals surface area contributed by atoms with Crippen LogP contribution in [0.3, 0.4) is 0 Å². The second-order valence-corrected chi connectivity index (χ2v) is 4.29. The Bertz CT molecular complexity index is 398. The minimum absolute atomic E-state index is 0.0528. The van der Waals surface area contributed by atoms with Crippen LogP contribution in [0.15, 0.2) is 12.3 Å². The Balaban J connectivity index is 2.64. The van der Waals surface area contributed by atoms with E-state index in [0.29, 0.717) is 18.4 Å². The molecule has 0 radical (unpaired) electrons. The Labute approximate surface area is 113 Å².